The molecule has 4 heteroatoms. The molecule has 3 saturated carbocycles. The van der Waals surface area contributed by atoms with Crippen LogP contribution in [0.2, 0.25) is 0 Å². The van der Waals surface area contributed by atoms with Gasteiger partial charge in [0.15, 0.2) is 5.60 Å². The maximum absolute atomic E-state index is 12.0. The maximum Gasteiger partial charge on any atom is 0.340 e. The van der Waals surface area contributed by atoms with Crippen LogP contribution < -0.4 is 0 Å². The number of ether oxygens (including phenoxy) is 2. The maximum atomic E-state index is 12.0. The zero-order valence-electron chi connectivity index (χ0n) is 23.6. The van der Waals surface area contributed by atoms with E-state index >= 15 is 0 Å². The van der Waals surface area contributed by atoms with E-state index in [0.29, 0.717) is 34.5 Å². The van der Waals surface area contributed by atoms with E-state index in [1.165, 1.54) is 39.2 Å². The van der Waals surface area contributed by atoms with Gasteiger partial charge < -0.3 is 14.6 Å². The molecule has 0 radical (unpaired) electrons. The summed E-state index contributed by atoms with van der Waals surface area (Å²) in [4.78, 5) is 12.0. The highest BCUT2D eigenvalue weighted by Gasteiger charge is 2.65. The van der Waals surface area contributed by atoms with Gasteiger partial charge in [-0.25, -0.2) is 4.79 Å². The van der Waals surface area contributed by atoms with Crippen molar-refractivity contribution in [1.29, 1.82) is 0 Å². The number of aliphatic hydroxyl groups is 1. The van der Waals surface area contributed by atoms with E-state index in [2.05, 4.69) is 47.6 Å². The summed E-state index contributed by atoms with van der Waals surface area (Å²) < 4.78 is 10.7. The molecule has 1 aliphatic heterocycles. The van der Waals surface area contributed by atoms with Gasteiger partial charge in [0.2, 0.25) is 0 Å². The van der Waals surface area contributed by atoms with Gasteiger partial charge in [0.05, 0.1) is 19.3 Å². The number of epoxide rings is 1. The molecule has 4 nitrogen and oxygen atoms in total. The second kappa shape index (κ2) is 8.06. The Labute approximate surface area is 213 Å². The first-order valence-electron chi connectivity index (χ1n) is 14.4. The normalized spacial score (nSPS) is 50.9. The van der Waals surface area contributed by atoms with Gasteiger partial charge in [-0.15, -0.1) is 0 Å². The molecule has 4 fully saturated rings. The standard InChI is InChI=1S/C31H50O4/c1-19(9-12-25-31(7,35-25)26(33)34-8)20-13-17-30(6)22-10-11-23-27(2,3)24(32)15-16-28(23,4)21(22)14-18-29(20,30)5/h14,19-20,22-25,32H,9-13,15-18H2,1-8H3/t19-,20-,22-,23+,24-,25+,28-,29-,30+,31-/m1/s1. The zero-order chi connectivity index (χ0) is 25.6. The minimum absolute atomic E-state index is 0.00320. The fraction of sp³-hybridized carbons (Fsp3) is 0.903. The number of hydrogen-bond acceptors (Lipinski definition) is 4. The van der Waals surface area contributed by atoms with Gasteiger partial charge in [-0.1, -0.05) is 53.2 Å². The molecular formula is C31H50O4. The molecule has 1 N–H and O–H groups in total. The topological polar surface area (TPSA) is 59.1 Å². The van der Waals surface area contributed by atoms with Crippen molar-refractivity contribution in [2.45, 2.75) is 124 Å². The highest BCUT2D eigenvalue weighted by molar-refractivity contribution is 5.82. The summed E-state index contributed by atoms with van der Waals surface area (Å²) in [5.74, 6) is 2.36. The molecule has 1 saturated heterocycles. The Bertz CT molecular complexity index is 908. The van der Waals surface area contributed by atoms with E-state index in [0.717, 1.165) is 25.7 Å². The van der Waals surface area contributed by atoms with Crippen LogP contribution >= 0.6 is 0 Å². The van der Waals surface area contributed by atoms with Crippen LogP contribution in [0.4, 0.5) is 0 Å². The van der Waals surface area contributed by atoms with Crippen molar-refractivity contribution in [1.82, 2.24) is 0 Å². The molecule has 5 rings (SSSR count). The molecule has 0 aromatic carbocycles. The first-order valence-corrected chi connectivity index (χ1v) is 14.4. The first kappa shape index (κ1) is 25.8. The molecule has 10 atom stereocenters. The van der Waals surface area contributed by atoms with Crippen molar-refractivity contribution in [2.75, 3.05) is 7.11 Å². The van der Waals surface area contributed by atoms with E-state index in [-0.39, 0.29) is 29.0 Å². The third-order valence-corrected chi connectivity index (χ3v) is 13.0. The Morgan fingerprint density at radius 1 is 1.09 bits per heavy atom. The fourth-order valence-electron chi connectivity index (χ4n) is 10.3. The van der Waals surface area contributed by atoms with Crippen molar-refractivity contribution in [3.8, 4) is 0 Å². The number of carbonyl (C=O) groups excluding carboxylic acids is 1. The molecule has 0 aromatic rings. The van der Waals surface area contributed by atoms with Crippen LogP contribution in [0.25, 0.3) is 0 Å². The molecule has 0 unspecified atom stereocenters. The monoisotopic (exact) mass is 486 g/mol. The average Bonchev–Trinajstić information content (AvgIpc) is 3.39. The smallest absolute Gasteiger partial charge is 0.340 e. The lowest BCUT2D eigenvalue weighted by atomic mass is 9.41. The van der Waals surface area contributed by atoms with Crippen LogP contribution in [-0.2, 0) is 14.3 Å². The number of fused-ring (bicyclic) bond motifs is 5. The van der Waals surface area contributed by atoms with Gasteiger partial charge in [-0.05, 0) is 110 Å². The quantitative estimate of drug-likeness (QED) is 0.267. The molecule has 198 valence electrons. The van der Waals surface area contributed by atoms with Crippen LogP contribution in [-0.4, -0.2) is 36.0 Å². The minimum atomic E-state index is -0.722. The number of esters is 1. The minimum Gasteiger partial charge on any atom is -0.467 e. The zero-order valence-corrected chi connectivity index (χ0v) is 23.6. The van der Waals surface area contributed by atoms with Gasteiger partial charge in [0, 0.05) is 0 Å². The van der Waals surface area contributed by atoms with Gasteiger partial charge in [-0.2, -0.15) is 0 Å². The lowest BCUT2D eigenvalue weighted by molar-refractivity contribution is -0.146. The largest absolute Gasteiger partial charge is 0.467 e. The molecule has 0 aromatic heterocycles. The second-order valence-electron chi connectivity index (χ2n) is 14.6. The number of hydrogen-bond donors (Lipinski definition) is 1. The van der Waals surface area contributed by atoms with Gasteiger partial charge in [0.1, 0.15) is 0 Å². The summed E-state index contributed by atoms with van der Waals surface area (Å²) in [6.07, 6.45) is 13.0. The van der Waals surface area contributed by atoms with Crippen LogP contribution in [0.5, 0.6) is 0 Å². The lowest BCUT2D eigenvalue weighted by Gasteiger charge is -2.64. The summed E-state index contributed by atoms with van der Waals surface area (Å²) in [6, 6.07) is 0. The van der Waals surface area contributed by atoms with E-state index < -0.39 is 5.60 Å². The number of aliphatic hydroxyl groups excluding tert-OH is 1. The van der Waals surface area contributed by atoms with E-state index in [1.54, 1.807) is 5.57 Å². The highest BCUT2D eigenvalue weighted by Crippen LogP contribution is 2.73. The molecule has 0 amide bonds. The summed E-state index contributed by atoms with van der Waals surface area (Å²) in [7, 11) is 1.45. The number of allylic oxidation sites excluding steroid dienone is 2. The van der Waals surface area contributed by atoms with Crippen molar-refractivity contribution < 1.29 is 19.4 Å². The SMILES string of the molecule is COC(=O)[C@]1(C)O[C@H]1CC[C@@H](C)[C@H]1CC[C@@]2(C)[C@@H]3CC[C@H]4C(C)(C)[C@H](O)CC[C@]4(C)C3=CC[C@]12C. The van der Waals surface area contributed by atoms with Gasteiger partial charge in [0.25, 0.3) is 0 Å². The van der Waals surface area contributed by atoms with Crippen LogP contribution in [0.15, 0.2) is 11.6 Å². The summed E-state index contributed by atoms with van der Waals surface area (Å²) in [6.45, 7) is 16.7. The Balaban J connectivity index is 1.34. The fourth-order valence-corrected chi connectivity index (χ4v) is 10.3. The summed E-state index contributed by atoms with van der Waals surface area (Å²) in [5.41, 5.74) is 1.94. The number of carbonyl (C=O) groups is 1. The Hall–Kier alpha value is -0.870. The molecule has 0 spiro atoms. The predicted molar refractivity (Wildman–Crippen MR) is 139 cm³/mol. The van der Waals surface area contributed by atoms with Crippen molar-refractivity contribution >= 4 is 5.97 Å². The van der Waals surface area contributed by atoms with E-state index in [9.17, 15) is 9.90 Å². The van der Waals surface area contributed by atoms with E-state index in [4.69, 9.17) is 9.47 Å². The molecule has 1 heterocycles. The number of methoxy groups -OCH3 is 1. The van der Waals surface area contributed by atoms with Gasteiger partial charge >= 0.3 is 5.97 Å². The number of rotatable bonds is 5. The Morgan fingerprint density at radius 3 is 2.49 bits per heavy atom. The van der Waals surface area contributed by atoms with Crippen molar-refractivity contribution in [2.24, 2.45) is 45.3 Å². The lowest BCUT2D eigenvalue weighted by Crippen LogP contribution is -2.57. The van der Waals surface area contributed by atoms with Crippen molar-refractivity contribution in [3.63, 3.8) is 0 Å². The van der Waals surface area contributed by atoms with Crippen molar-refractivity contribution in [3.05, 3.63) is 11.6 Å². The molecule has 0 bridgehead atoms. The molecule has 4 aliphatic carbocycles. The highest BCUT2D eigenvalue weighted by atomic mass is 16.7. The third kappa shape index (κ3) is 3.40. The Morgan fingerprint density at radius 2 is 1.80 bits per heavy atom. The Kier molecular flexibility index (Phi) is 5.94. The molecule has 5 aliphatic rings. The van der Waals surface area contributed by atoms with Gasteiger partial charge in [-0.3, -0.25) is 0 Å². The molecular weight excluding hydrogens is 436 g/mol. The predicted octanol–water partition coefficient (Wildman–Crippen LogP) is 6.70. The first-order chi connectivity index (χ1) is 16.3. The summed E-state index contributed by atoms with van der Waals surface area (Å²) in [5, 5.41) is 10.8. The summed E-state index contributed by atoms with van der Waals surface area (Å²) >= 11 is 0. The van der Waals surface area contributed by atoms with Crippen LogP contribution in [0.1, 0.15) is 106 Å². The second-order valence-corrected chi connectivity index (χ2v) is 14.6. The van der Waals surface area contributed by atoms with Crippen LogP contribution in [0, 0.1) is 45.3 Å². The average molecular weight is 487 g/mol. The third-order valence-electron chi connectivity index (χ3n) is 13.0. The van der Waals surface area contributed by atoms with Crippen LogP contribution in [0.3, 0.4) is 0 Å². The molecule has 35 heavy (non-hydrogen) atoms. The van der Waals surface area contributed by atoms with E-state index in [1.807, 2.05) is 6.92 Å².